The van der Waals surface area contributed by atoms with E-state index in [2.05, 4.69) is 15.4 Å². The maximum Gasteiger partial charge on any atom is 0.325 e. The maximum atomic E-state index is 12.0. The van der Waals surface area contributed by atoms with Crippen LogP contribution in [0.2, 0.25) is 0 Å². The Morgan fingerprint density at radius 2 is 2.12 bits per heavy atom. The molecule has 1 fully saturated rings. The topological polar surface area (TPSA) is 103 Å². The van der Waals surface area contributed by atoms with Gasteiger partial charge in [-0.2, -0.15) is 9.61 Å². The van der Waals surface area contributed by atoms with Crippen LogP contribution in [-0.4, -0.2) is 33.0 Å². The van der Waals surface area contributed by atoms with Gasteiger partial charge in [-0.25, -0.2) is 4.98 Å². The van der Waals surface area contributed by atoms with Gasteiger partial charge in [-0.1, -0.05) is 30.6 Å². The van der Waals surface area contributed by atoms with E-state index in [0.717, 1.165) is 25.7 Å². The molecule has 134 valence electrons. The fraction of sp³-hybridized carbons (Fsp3) is 0.562. The van der Waals surface area contributed by atoms with Gasteiger partial charge < -0.3 is 10.1 Å². The van der Waals surface area contributed by atoms with Gasteiger partial charge in [0.2, 0.25) is 10.9 Å². The maximum absolute atomic E-state index is 12.0. The fourth-order valence-corrected chi connectivity index (χ4v) is 3.74. The van der Waals surface area contributed by atoms with Gasteiger partial charge in [-0.15, -0.1) is 0 Å². The highest BCUT2D eigenvalue weighted by Crippen LogP contribution is 2.23. The molecule has 0 saturated heterocycles. The zero-order valence-corrected chi connectivity index (χ0v) is 14.8. The van der Waals surface area contributed by atoms with Crippen molar-refractivity contribution < 1.29 is 14.3 Å². The van der Waals surface area contributed by atoms with Crippen LogP contribution >= 0.6 is 11.3 Å². The average Bonchev–Trinajstić information content (AvgIpc) is 3.02. The summed E-state index contributed by atoms with van der Waals surface area (Å²) < 4.78 is 6.30. The molecule has 25 heavy (non-hydrogen) atoms. The number of amides is 1. The summed E-state index contributed by atoms with van der Waals surface area (Å²) >= 11 is 1.19. The number of fused-ring (bicyclic) bond motifs is 1. The molecule has 1 amide bonds. The first-order chi connectivity index (χ1) is 12.0. The van der Waals surface area contributed by atoms with Crippen LogP contribution in [0.1, 0.15) is 42.8 Å². The molecule has 2 heterocycles. The van der Waals surface area contributed by atoms with Gasteiger partial charge in [-0.3, -0.25) is 14.4 Å². The second-order valence-corrected chi connectivity index (χ2v) is 7.18. The molecule has 0 bridgehead atoms. The van der Waals surface area contributed by atoms with Gasteiger partial charge in [0.25, 0.3) is 5.56 Å². The molecule has 2 aromatic heterocycles. The lowest BCUT2D eigenvalue weighted by Crippen LogP contribution is -2.36. The van der Waals surface area contributed by atoms with Gasteiger partial charge in [-0.05, 0) is 19.8 Å². The molecule has 2 aromatic rings. The lowest BCUT2D eigenvalue weighted by molar-refractivity contribution is -0.145. The number of aromatic nitrogens is 3. The van der Waals surface area contributed by atoms with E-state index in [4.69, 9.17) is 4.74 Å². The summed E-state index contributed by atoms with van der Waals surface area (Å²) in [6.45, 7) is 1.53. The van der Waals surface area contributed by atoms with Crippen LogP contribution in [0.15, 0.2) is 10.9 Å². The molecule has 1 saturated carbocycles. The number of esters is 1. The predicted octanol–water partition coefficient (Wildman–Crippen LogP) is 1.20. The summed E-state index contributed by atoms with van der Waals surface area (Å²) in [5, 5.41) is 7.20. The summed E-state index contributed by atoms with van der Waals surface area (Å²) in [7, 11) is 0. The third-order valence-electron chi connectivity index (χ3n) is 4.15. The molecule has 1 aliphatic carbocycles. The minimum atomic E-state index is -0.528. The van der Waals surface area contributed by atoms with Crippen molar-refractivity contribution in [1.29, 1.82) is 0 Å². The van der Waals surface area contributed by atoms with Crippen LogP contribution < -0.4 is 10.9 Å². The van der Waals surface area contributed by atoms with Crippen molar-refractivity contribution in [3.05, 3.63) is 27.1 Å². The SMILES string of the molecule is Cc1cc(=O)n2nc(COC(=O)CNC(=O)C3CCCCC3)sc2n1. The molecule has 0 aliphatic heterocycles. The molecule has 0 spiro atoms. The molecule has 9 heteroatoms. The largest absolute Gasteiger partial charge is 0.457 e. The van der Waals surface area contributed by atoms with Crippen molar-refractivity contribution in [2.45, 2.75) is 45.6 Å². The number of aryl methyl sites for hydroxylation is 1. The molecule has 1 N–H and O–H groups in total. The minimum absolute atomic E-state index is 0.00648. The van der Waals surface area contributed by atoms with E-state index in [1.807, 2.05) is 0 Å². The van der Waals surface area contributed by atoms with Crippen molar-refractivity contribution in [3.8, 4) is 0 Å². The molecule has 0 unspecified atom stereocenters. The van der Waals surface area contributed by atoms with E-state index >= 15 is 0 Å². The summed E-state index contributed by atoms with van der Waals surface area (Å²) in [5.74, 6) is -0.602. The van der Waals surface area contributed by atoms with Crippen LogP contribution in [0.4, 0.5) is 0 Å². The Hall–Kier alpha value is -2.29. The zero-order chi connectivity index (χ0) is 17.8. The smallest absolute Gasteiger partial charge is 0.325 e. The number of carbonyl (C=O) groups is 2. The van der Waals surface area contributed by atoms with E-state index in [0.29, 0.717) is 15.7 Å². The Morgan fingerprint density at radius 3 is 2.88 bits per heavy atom. The second-order valence-electron chi connectivity index (χ2n) is 6.14. The highest BCUT2D eigenvalue weighted by atomic mass is 32.1. The standard InChI is InChI=1S/C16H20N4O4S/c1-10-7-13(21)20-16(18-10)25-12(19-20)9-24-14(22)8-17-15(23)11-5-3-2-4-6-11/h7,11H,2-6,8-9H2,1H3,(H,17,23). The minimum Gasteiger partial charge on any atom is -0.457 e. The number of hydrogen-bond acceptors (Lipinski definition) is 7. The summed E-state index contributed by atoms with van der Waals surface area (Å²) in [6.07, 6.45) is 5.06. The number of hydrogen-bond donors (Lipinski definition) is 1. The Morgan fingerprint density at radius 1 is 1.36 bits per heavy atom. The first-order valence-electron chi connectivity index (χ1n) is 8.32. The monoisotopic (exact) mass is 364 g/mol. The molecule has 0 radical (unpaired) electrons. The van der Waals surface area contributed by atoms with Gasteiger partial charge in [0.1, 0.15) is 13.2 Å². The number of nitrogens with one attached hydrogen (secondary N) is 1. The molecule has 1 aliphatic rings. The van der Waals surface area contributed by atoms with E-state index in [1.54, 1.807) is 6.92 Å². The van der Waals surface area contributed by atoms with Gasteiger partial charge in [0.05, 0.1) is 0 Å². The van der Waals surface area contributed by atoms with Crippen LogP contribution in [0, 0.1) is 12.8 Å². The van der Waals surface area contributed by atoms with Crippen molar-refractivity contribution in [2.75, 3.05) is 6.54 Å². The van der Waals surface area contributed by atoms with E-state index < -0.39 is 5.97 Å². The second kappa shape index (κ2) is 7.73. The number of rotatable bonds is 5. The van der Waals surface area contributed by atoms with Crippen LogP contribution in [0.3, 0.4) is 0 Å². The Balaban J connectivity index is 1.49. The van der Waals surface area contributed by atoms with Gasteiger partial charge in [0.15, 0.2) is 5.01 Å². The highest BCUT2D eigenvalue weighted by Gasteiger charge is 2.21. The predicted molar refractivity (Wildman–Crippen MR) is 91.3 cm³/mol. The quantitative estimate of drug-likeness (QED) is 0.800. The van der Waals surface area contributed by atoms with Crippen LogP contribution in [0.25, 0.3) is 4.96 Å². The summed E-state index contributed by atoms with van der Waals surface area (Å²) in [6, 6.07) is 1.39. The van der Waals surface area contributed by atoms with E-state index in [1.165, 1.54) is 28.3 Å². The molecule has 3 rings (SSSR count). The average molecular weight is 364 g/mol. The van der Waals surface area contributed by atoms with E-state index in [-0.39, 0.29) is 30.5 Å². The lowest BCUT2D eigenvalue weighted by Gasteiger charge is -2.20. The molecule has 8 nitrogen and oxygen atoms in total. The summed E-state index contributed by atoms with van der Waals surface area (Å²) in [4.78, 5) is 40.3. The first kappa shape index (κ1) is 17.5. The highest BCUT2D eigenvalue weighted by molar-refractivity contribution is 7.16. The van der Waals surface area contributed by atoms with Crippen molar-refractivity contribution in [3.63, 3.8) is 0 Å². The van der Waals surface area contributed by atoms with Crippen LogP contribution in [0.5, 0.6) is 0 Å². The Labute approximate surface area is 148 Å². The first-order valence-corrected chi connectivity index (χ1v) is 9.14. The molecule has 0 aromatic carbocycles. The van der Waals surface area contributed by atoms with Crippen molar-refractivity contribution in [1.82, 2.24) is 19.9 Å². The third-order valence-corrected chi connectivity index (χ3v) is 5.04. The lowest BCUT2D eigenvalue weighted by atomic mass is 9.89. The van der Waals surface area contributed by atoms with Crippen LogP contribution in [-0.2, 0) is 20.9 Å². The van der Waals surface area contributed by atoms with Crippen molar-refractivity contribution >= 4 is 28.2 Å². The Bertz CT molecular complexity index is 838. The normalized spacial score (nSPS) is 15.2. The number of nitrogens with zero attached hydrogens (tertiary/aromatic N) is 3. The van der Waals surface area contributed by atoms with Gasteiger partial charge in [0, 0.05) is 17.7 Å². The number of ether oxygens (including phenoxy) is 1. The molecular weight excluding hydrogens is 344 g/mol. The number of carbonyl (C=O) groups excluding carboxylic acids is 2. The fourth-order valence-electron chi connectivity index (χ4n) is 2.88. The van der Waals surface area contributed by atoms with E-state index in [9.17, 15) is 14.4 Å². The molecule has 0 atom stereocenters. The zero-order valence-electron chi connectivity index (χ0n) is 14.0. The van der Waals surface area contributed by atoms with Gasteiger partial charge >= 0.3 is 5.97 Å². The molecular formula is C16H20N4O4S. The van der Waals surface area contributed by atoms with Crippen molar-refractivity contribution in [2.24, 2.45) is 5.92 Å². The third kappa shape index (κ3) is 4.41. The summed E-state index contributed by atoms with van der Waals surface area (Å²) in [5.41, 5.74) is 0.346. The Kier molecular flexibility index (Phi) is 5.42.